The van der Waals surface area contributed by atoms with E-state index < -0.39 is 5.97 Å². The van der Waals surface area contributed by atoms with Crippen molar-refractivity contribution in [3.05, 3.63) is 29.8 Å². The van der Waals surface area contributed by atoms with E-state index in [1.807, 2.05) is 24.3 Å². The fourth-order valence-electron chi connectivity index (χ4n) is 1.53. The number of nitrogen functional groups attached to an aromatic ring is 1. The van der Waals surface area contributed by atoms with Crippen molar-refractivity contribution in [2.45, 2.75) is 32.6 Å². The molecule has 0 saturated carbocycles. The number of carbonyl (C=O) groups excluding carboxylic acids is 1. The first-order chi connectivity index (χ1) is 10.0. The maximum absolute atomic E-state index is 9.00. The van der Waals surface area contributed by atoms with Gasteiger partial charge in [-0.05, 0) is 18.6 Å². The highest BCUT2D eigenvalue weighted by Crippen LogP contribution is 2.17. The molecule has 1 aromatic carbocycles. The van der Waals surface area contributed by atoms with Gasteiger partial charge in [-0.2, -0.15) is 0 Å². The van der Waals surface area contributed by atoms with Crippen molar-refractivity contribution in [1.82, 2.24) is 0 Å². The second-order valence-electron chi connectivity index (χ2n) is 4.28. The molecular formula is C15H22N2O4. The Bertz CT molecular complexity index is 461. The summed E-state index contributed by atoms with van der Waals surface area (Å²) in [5.74, 6) is -0.652. The average Bonchev–Trinajstić information content (AvgIpc) is 2.48. The molecule has 0 amide bonds. The van der Waals surface area contributed by atoms with E-state index in [-0.39, 0.29) is 12.1 Å². The summed E-state index contributed by atoms with van der Waals surface area (Å²) >= 11 is 0. The van der Waals surface area contributed by atoms with Crippen molar-refractivity contribution >= 4 is 18.1 Å². The fraction of sp³-hybridized carbons (Fsp3) is 0.400. The minimum absolute atomic E-state index is 0.0594. The summed E-state index contributed by atoms with van der Waals surface area (Å²) in [6.45, 7) is 2.89. The Balaban J connectivity index is 0.000000690. The van der Waals surface area contributed by atoms with Crippen molar-refractivity contribution in [1.29, 1.82) is 5.41 Å². The van der Waals surface area contributed by atoms with Gasteiger partial charge in [0.1, 0.15) is 11.6 Å². The number of carboxylic acid groups (broad SMARTS) is 1. The van der Waals surface area contributed by atoms with E-state index in [0.717, 1.165) is 6.42 Å². The molecule has 0 aliphatic rings. The summed E-state index contributed by atoms with van der Waals surface area (Å²) in [6.07, 6.45) is 4.56. The van der Waals surface area contributed by atoms with Crippen molar-refractivity contribution in [3.63, 3.8) is 0 Å². The molecule has 0 aliphatic heterocycles. The molecule has 0 aliphatic carbocycles. The Morgan fingerprint density at radius 2 is 1.95 bits per heavy atom. The van der Waals surface area contributed by atoms with Crippen LogP contribution in [0.2, 0.25) is 0 Å². The molecule has 1 aromatic rings. The third-order valence-electron chi connectivity index (χ3n) is 2.53. The van der Waals surface area contributed by atoms with Gasteiger partial charge in [-0.1, -0.05) is 38.3 Å². The van der Waals surface area contributed by atoms with Crippen LogP contribution in [-0.2, 0) is 9.59 Å². The Labute approximate surface area is 124 Å². The molecule has 0 spiro atoms. The van der Waals surface area contributed by atoms with Crippen molar-refractivity contribution in [3.8, 4) is 5.75 Å². The standard InChI is InChI=1S/C13H20N2O.C2H2O3/c1-2-3-4-7-10-16-12-9-6-5-8-11(12)13(14)15;3-1-2(4)5/h5-6,8-9H,2-4,7,10H2,1H3,(H3,14,15);1H,(H,4,5). The monoisotopic (exact) mass is 294 g/mol. The summed E-state index contributed by atoms with van der Waals surface area (Å²) in [6, 6.07) is 7.43. The number of amidine groups is 1. The van der Waals surface area contributed by atoms with E-state index in [1.54, 1.807) is 0 Å². The Hall–Kier alpha value is -2.37. The van der Waals surface area contributed by atoms with Gasteiger partial charge in [0.2, 0.25) is 6.29 Å². The van der Waals surface area contributed by atoms with Crippen LogP contribution < -0.4 is 10.5 Å². The lowest BCUT2D eigenvalue weighted by Gasteiger charge is -2.09. The highest BCUT2D eigenvalue weighted by Gasteiger charge is 2.04. The highest BCUT2D eigenvalue weighted by molar-refractivity contribution is 6.19. The smallest absolute Gasteiger partial charge is 0.368 e. The first-order valence-electron chi connectivity index (χ1n) is 6.77. The number of carboxylic acids is 1. The third kappa shape index (κ3) is 9.21. The van der Waals surface area contributed by atoms with Crippen LogP contribution >= 0.6 is 0 Å². The van der Waals surface area contributed by atoms with Gasteiger partial charge in [0.25, 0.3) is 0 Å². The van der Waals surface area contributed by atoms with Gasteiger partial charge in [-0.15, -0.1) is 0 Å². The van der Waals surface area contributed by atoms with E-state index in [9.17, 15) is 0 Å². The summed E-state index contributed by atoms with van der Waals surface area (Å²) in [5, 5.41) is 14.8. The quantitative estimate of drug-likeness (QED) is 0.223. The second-order valence-corrected chi connectivity index (χ2v) is 4.28. The minimum atomic E-state index is -1.43. The molecule has 6 nitrogen and oxygen atoms in total. The van der Waals surface area contributed by atoms with Gasteiger partial charge >= 0.3 is 5.97 Å². The SMILES string of the molecule is CCCCCCOc1ccccc1C(=N)N.O=CC(=O)O. The lowest BCUT2D eigenvalue weighted by molar-refractivity contribution is -0.143. The highest BCUT2D eigenvalue weighted by atomic mass is 16.5. The summed E-state index contributed by atoms with van der Waals surface area (Å²) in [5.41, 5.74) is 6.15. The summed E-state index contributed by atoms with van der Waals surface area (Å²) in [7, 11) is 0. The van der Waals surface area contributed by atoms with E-state index >= 15 is 0 Å². The lowest BCUT2D eigenvalue weighted by atomic mass is 10.2. The van der Waals surface area contributed by atoms with Gasteiger partial charge in [0, 0.05) is 0 Å². The number of hydrogen-bond donors (Lipinski definition) is 3. The van der Waals surface area contributed by atoms with Crippen LogP contribution in [0.4, 0.5) is 0 Å². The number of nitrogens with one attached hydrogen (secondary N) is 1. The maximum atomic E-state index is 9.00. The number of aldehydes is 1. The minimum Gasteiger partial charge on any atom is -0.493 e. The maximum Gasteiger partial charge on any atom is 0.368 e. The van der Waals surface area contributed by atoms with Crippen LogP contribution in [-0.4, -0.2) is 29.8 Å². The van der Waals surface area contributed by atoms with Gasteiger partial charge in [0.05, 0.1) is 12.2 Å². The number of hydrogen-bond acceptors (Lipinski definition) is 4. The normalized spacial score (nSPS) is 9.19. The van der Waals surface area contributed by atoms with Crippen molar-refractivity contribution < 1.29 is 19.4 Å². The van der Waals surface area contributed by atoms with E-state index in [2.05, 4.69) is 6.92 Å². The van der Waals surface area contributed by atoms with Gasteiger partial charge in [-0.25, -0.2) is 4.79 Å². The molecule has 4 N–H and O–H groups in total. The average molecular weight is 294 g/mol. The van der Waals surface area contributed by atoms with Crippen molar-refractivity contribution in [2.24, 2.45) is 5.73 Å². The molecule has 0 radical (unpaired) electrons. The molecule has 1 rings (SSSR count). The zero-order chi connectivity index (χ0) is 16.1. The first kappa shape index (κ1) is 18.6. The largest absolute Gasteiger partial charge is 0.493 e. The molecular weight excluding hydrogens is 272 g/mol. The Kier molecular flexibility index (Phi) is 10.2. The molecule has 116 valence electrons. The lowest BCUT2D eigenvalue weighted by Crippen LogP contribution is -2.13. The van der Waals surface area contributed by atoms with Crippen LogP contribution in [0.5, 0.6) is 5.75 Å². The Morgan fingerprint density at radius 1 is 1.33 bits per heavy atom. The summed E-state index contributed by atoms with van der Waals surface area (Å²) in [4.78, 5) is 17.9. The van der Waals surface area contributed by atoms with Crippen LogP contribution in [0.1, 0.15) is 38.2 Å². The van der Waals surface area contributed by atoms with Crippen molar-refractivity contribution in [2.75, 3.05) is 6.61 Å². The molecule has 0 fully saturated rings. The number of rotatable bonds is 8. The van der Waals surface area contributed by atoms with E-state index in [1.165, 1.54) is 19.3 Å². The second kappa shape index (κ2) is 11.5. The van der Waals surface area contributed by atoms with E-state index in [4.69, 9.17) is 30.6 Å². The number of para-hydroxylation sites is 1. The number of unbranched alkanes of at least 4 members (excludes halogenated alkanes) is 3. The summed E-state index contributed by atoms with van der Waals surface area (Å²) < 4.78 is 5.62. The van der Waals surface area contributed by atoms with Crippen LogP contribution in [0.25, 0.3) is 0 Å². The van der Waals surface area contributed by atoms with Crippen LogP contribution in [0.15, 0.2) is 24.3 Å². The van der Waals surface area contributed by atoms with Gasteiger partial charge in [0.15, 0.2) is 0 Å². The zero-order valence-corrected chi connectivity index (χ0v) is 12.2. The number of carbonyl (C=O) groups is 2. The first-order valence-corrected chi connectivity index (χ1v) is 6.77. The number of ether oxygens (including phenoxy) is 1. The predicted octanol–water partition coefficient (Wildman–Crippen LogP) is 2.20. The molecule has 0 heterocycles. The molecule has 6 heteroatoms. The van der Waals surface area contributed by atoms with Crippen LogP contribution in [0, 0.1) is 5.41 Å². The molecule has 0 aromatic heterocycles. The molecule has 0 atom stereocenters. The number of nitrogens with two attached hydrogens (primary N) is 1. The van der Waals surface area contributed by atoms with E-state index in [0.29, 0.717) is 17.9 Å². The van der Waals surface area contributed by atoms with Gasteiger partial charge < -0.3 is 15.6 Å². The number of benzene rings is 1. The third-order valence-corrected chi connectivity index (χ3v) is 2.53. The number of aliphatic carboxylic acids is 1. The Morgan fingerprint density at radius 3 is 2.48 bits per heavy atom. The van der Waals surface area contributed by atoms with Crippen LogP contribution in [0.3, 0.4) is 0 Å². The topological polar surface area (TPSA) is 113 Å². The molecule has 0 bridgehead atoms. The molecule has 0 unspecified atom stereocenters. The molecule has 0 saturated heterocycles. The fourth-order valence-corrected chi connectivity index (χ4v) is 1.53. The predicted molar refractivity (Wildman–Crippen MR) is 80.8 cm³/mol. The zero-order valence-electron chi connectivity index (χ0n) is 12.2. The van der Waals surface area contributed by atoms with Gasteiger partial charge in [-0.3, -0.25) is 10.2 Å². The molecule has 21 heavy (non-hydrogen) atoms.